The van der Waals surface area contributed by atoms with Crippen LogP contribution < -0.4 is 5.73 Å². The molecule has 23 heavy (non-hydrogen) atoms. The Morgan fingerprint density at radius 3 is 2.96 bits per heavy atom. The number of carbonyl (C=O) groups excluding carboxylic acids is 1. The SMILES string of the molecule is Nc1ncccc1CN1CC[C@]2(CCCN(CC3CC3)C2=O)C1. The Labute approximate surface area is 137 Å². The average Bonchev–Trinajstić information content (AvgIpc) is 3.27. The summed E-state index contributed by atoms with van der Waals surface area (Å²) in [6.07, 6.45) is 7.54. The average molecular weight is 314 g/mol. The van der Waals surface area contributed by atoms with Crippen LogP contribution in [0.5, 0.6) is 0 Å². The van der Waals surface area contributed by atoms with Gasteiger partial charge in [-0.25, -0.2) is 4.98 Å². The Morgan fingerprint density at radius 2 is 2.17 bits per heavy atom. The first kappa shape index (κ1) is 14.9. The fourth-order valence-corrected chi connectivity index (χ4v) is 4.24. The summed E-state index contributed by atoms with van der Waals surface area (Å²) < 4.78 is 0. The zero-order valence-electron chi connectivity index (χ0n) is 13.7. The highest BCUT2D eigenvalue weighted by molar-refractivity contribution is 5.84. The number of nitrogen functional groups attached to an aromatic ring is 1. The van der Waals surface area contributed by atoms with Crippen LogP contribution >= 0.6 is 0 Å². The first-order valence-corrected chi connectivity index (χ1v) is 8.87. The predicted molar refractivity (Wildman–Crippen MR) is 89.5 cm³/mol. The van der Waals surface area contributed by atoms with E-state index in [1.54, 1.807) is 6.20 Å². The number of hydrogen-bond donors (Lipinski definition) is 1. The van der Waals surface area contributed by atoms with E-state index in [1.165, 1.54) is 12.8 Å². The van der Waals surface area contributed by atoms with Gasteiger partial charge in [-0.05, 0) is 50.6 Å². The molecule has 1 amide bonds. The molecule has 4 rings (SSSR count). The maximum Gasteiger partial charge on any atom is 0.230 e. The van der Waals surface area contributed by atoms with Crippen molar-refractivity contribution in [1.29, 1.82) is 0 Å². The van der Waals surface area contributed by atoms with Gasteiger partial charge in [-0.1, -0.05) is 6.07 Å². The zero-order chi connectivity index (χ0) is 15.9. The number of carbonyl (C=O) groups is 1. The molecule has 5 nitrogen and oxygen atoms in total. The van der Waals surface area contributed by atoms with Crippen molar-refractivity contribution in [2.24, 2.45) is 11.3 Å². The summed E-state index contributed by atoms with van der Waals surface area (Å²) in [7, 11) is 0. The summed E-state index contributed by atoms with van der Waals surface area (Å²) in [6, 6.07) is 3.97. The molecular weight excluding hydrogens is 288 g/mol. The number of amides is 1. The molecule has 0 bridgehead atoms. The predicted octanol–water partition coefficient (Wildman–Crippen LogP) is 1.89. The van der Waals surface area contributed by atoms with Crippen molar-refractivity contribution >= 4 is 11.7 Å². The highest BCUT2D eigenvalue weighted by Gasteiger charge is 2.48. The molecular formula is C18H26N4O. The van der Waals surface area contributed by atoms with Crippen LogP contribution in [0.4, 0.5) is 5.82 Å². The molecule has 0 aromatic carbocycles. The van der Waals surface area contributed by atoms with E-state index in [0.717, 1.165) is 63.5 Å². The summed E-state index contributed by atoms with van der Waals surface area (Å²) in [6.45, 7) is 4.62. The molecule has 2 saturated heterocycles. The third kappa shape index (κ3) is 2.94. The lowest BCUT2D eigenvalue weighted by Crippen LogP contribution is -2.50. The second kappa shape index (κ2) is 5.78. The van der Waals surface area contributed by atoms with Crippen molar-refractivity contribution in [2.75, 3.05) is 31.9 Å². The Morgan fingerprint density at radius 1 is 1.30 bits per heavy atom. The molecule has 1 atom stereocenters. The lowest BCUT2D eigenvalue weighted by molar-refractivity contribution is -0.145. The van der Waals surface area contributed by atoms with Crippen LogP contribution in [0.15, 0.2) is 18.3 Å². The van der Waals surface area contributed by atoms with Gasteiger partial charge < -0.3 is 10.6 Å². The van der Waals surface area contributed by atoms with Crippen LogP contribution in [-0.2, 0) is 11.3 Å². The second-order valence-electron chi connectivity index (χ2n) is 7.59. The third-order valence-electron chi connectivity index (χ3n) is 5.75. The first-order chi connectivity index (χ1) is 11.2. The standard InChI is InChI=1S/C18H26N4O/c19-16-15(3-1-8-20-16)12-21-10-7-18(13-21)6-2-9-22(17(18)23)11-14-4-5-14/h1,3,8,14H,2,4-7,9-13H2,(H2,19,20)/t18-/m1/s1. The van der Waals surface area contributed by atoms with Gasteiger partial charge in [-0.15, -0.1) is 0 Å². The van der Waals surface area contributed by atoms with E-state index in [2.05, 4.69) is 14.8 Å². The van der Waals surface area contributed by atoms with Gasteiger partial charge in [0, 0.05) is 37.9 Å². The number of nitrogens with zero attached hydrogens (tertiary/aromatic N) is 3. The Balaban J connectivity index is 1.43. The fraction of sp³-hybridized carbons (Fsp3) is 0.667. The summed E-state index contributed by atoms with van der Waals surface area (Å²) >= 11 is 0. The van der Waals surface area contributed by atoms with Gasteiger partial charge in [0.15, 0.2) is 0 Å². The highest BCUT2D eigenvalue weighted by atomic mass is 16.2. The molecule has 0 unspecified atom stereocenters. The Hall–Kier alpha value is -1.62. The van der Waals surface area contributed by atoms with E-state index in [0.29, 0.717) is 11.7 Å². The number of likely N-dealkylation sites (tertiary alicyclic amines) is 2. The van der Waals surface area contributed by atoms with Crippen LogP contribution in [0, 0.1) is 11.3 Å². The molecule has 0 radical (unpaired) electrons. The van der Waals surface area contributed by atoms with Gasteiger partial charge in [-0.3, -0.25) is 9.69 Å². The maximum atomic E-state index is 13.0. The number of aromatic nitrogens is 1. The van der Waals surface area contributed by atoms with E-state index in [1.807, 2.05) is 12.1 Å². The van der Waals surface area contributed by atoms with Crippen LogP contribution in [0.3, 0.4) is 0 Å². The normalized spacial score (nSPS) is 28.7. The molecule has 5 heteroatoms. The molecule has 2 N–H and O–H groups in total. The molecule has 3 aliphatic rings. The van der Waals surface area contributed by atoms with Crippen LogP contribution in [0.1, 0.15) is 37.7 Å². The van der Waals surface area contributed by atoms with Gasteiger partial charge in [0.05, 0.1) is 5.41 Å². The Kier molecular flexibility index (Phi) is 3.76. The summed E-state index contributed by atoms with van der Waals surface area (Å²) in [4.78, 5) is 21.7. The van der Waals surface area contributed by atoms with E-state index >= 15 is 0 Å². The third-order valence-corrected chi connectivity index (χ3v) is 5.75. The van der Waals surface area contributed by atoms with E-state index < -0.39 is 0 Å². The molecule has 1 spiro atoms. The minimum atomic E-state index is -0.135. The molecule has 124 valence electrons. The molecule has 1 saturated carbocycles. The lowest BCUT2D eigenvalue weighted by Gasteiger charge is -2.39. The van der Waals surface area contributed by atoms with Gasteiger partial charge in [0.25, 0.3) is 0 Å². The number of piperidine rings is 1. The van der Waals surface area contributed by atoms with E-state index in [4.69, 9.17) is 5.73 Å². The van der Waals surface area contributed by atoms with Crippen molar-refractivity contribution in [3.63, 3.8) is 0 Å². The molecule has 3 fully saturated rings. The molecule has 2 aliphatic heterocycles. The number of hydrogen-bond acceptors (Lipinski definition) is 4. The fourth-order valence-electron chi connectivity index (χ4n) is 4.24. The van der Waals surface area contributed by atoms with Crippen LogP contribution in [0.25, 0.3) is 0 Å². The highest BCUT2D eigenvalue weighted by Crippen LogP contribution is 2.42. The minimum Gasteiger partial charge on any atom is -0.383 e. The topological polar surface area (TPSA) is 62.5 Å². The van der Waals surface area contributed by atoms with Gasteiger partial charge in [0.2, 0.25) is 5.91 Å². The lowest BCUT2D eigenvalue weighted by atomic mass is 9.78. The Bertz CT molecular complexity index is 600. The summed E-state index contributed by atoms with van der Waals surface area (Å²) in [5.74, 6) is 1.80. The molecule has 1 aromatic rings. The smallest absolute Gasteiger partial charge is 0.230 e. The number of nitrogens with two attached hydrogens (primary N) is 1. The van der Waals surface area contributed by atoms with Gasteiger partial charge >= 0.3 is 0 Å². The number of anilines is 1. The quantitative estimate of drug-likeness (QED) is 0.922. The maximum absolute atomic E-state index is 13.0. The van der Waals surface area contributed by atoms with Crippen LogP contribution in [-0.4, -0.2) is 46.9 Å². The zero-order valence-corrected chi connectivity index (χ0v) is 13.7. The second-order valence-corrected chi connectivity index (χ2v) is 7.59. The molecule has 1 aromatic heterocycles. The van der Waals surface area contributed by atoms with Crippen LogP contribution in [0.2, 0.25) is 0 Å². The molecule has 1 aliphatic carbocycles. The van der Waals surface area contributed by atoms with Crippen molar-refractivity contribution < 1.29 is 4.79 Å². The van der Waals surface area contributed by atoms with E-state index in [-0.39, 0.29) is 5.41 Å². The van der Waals surface area contributed by atoms with Gasteiger partial charge in [0.1, 0.15) is 5.82 Å². The van der Waals surface area contributed by atoms with Gasteiger partial charge in [-0.2, -0.15) is 0 Å². The number of rotatable bonds is 4. The summed E-state index contributed by atoms with van der Waals surface area (Å²) in [5.41, 5.74) is 6.90. The molecule has 3 heterocycles. The summed E-state index contributed by atoms with van der Waals surface area (Å²) in [5, 5.41) is 0. The minimum absolute atomic E-state index is 0.135. The first-order valence-electron chi connectivity index (χ1n) is 8.87. The van der Waals surface area contributed by atoms with Crippen molar-refractivity contribution in [3.8, 4) is 0 Å². The van der Waals surface area contributed by atoms with Crippen molar-refractivity contribution in [3.05, 3.63) is 23.9 Å². The van der Waals surface area contributed by atoms with E-state index in [9.17, 15) is 4.79 Å². The van der Waals surface area contributed by atoms with Crippen molar-refractivity contribution in [2.45, 2.75) is 38.6 Å². The van der Waals surface area contributed by atoms with Crippen molar-refractivity contribution in [1.82, 2.24) is 14.8 Å². The monoisotopic (exact) mass is 314 g/mol. The largest absolute Gasteiger partial charge is 0.383 e. The number of pyridine rings is 1.